The summed E-state index contributed by atoms with van der Waals surface area (Å²) in [5.41, 5.74) is 0.922. The fourth-order valence-electron chi connectivity index (χ4n) is 2.45. The lowest BCUT2D eigenvalue weighted by Crippen LogP contribution is -2.26. The van der Waals surface area contributed by atoms with Gasteiger partial charge in [0, 0.05) is 24.9 Å². The van der Waals surface area contributed by atoms with Crippen molar-refractivity contribution >= 4 is 5.78 Å². The molecule has 1 aliphatic rings. The van der Waals surface area contributed by atoms with Crippen molar-refractivity contribution in [2.75, 3.05) is 6.61 Å². The molecule has 74 valence electrons. The highest BCUT2D eigenvalue weighted by Gasteiger charge is 2.44. The maximum Gasteiger partial charge on any atom is 0.134 e. The van der Waals surface area contributed by atoms with Crippen molar-refractivity contribution in [1.29, 1.82) is 0 Å². The molecule has 0 unspecified atom stereocenters. The quantitative estimate of drug-likeness (QED) is 0.677. The molecule has 2 heteroatoms. The highest BCUT2D eigenvalue weighted by atomic mass is 16.3. The molecule has 0 spiro atoms. The van der Waals surface area contributed by atoms with Crippen molar-refractivity contribution in [3.8, 4) is 0 Å². The Balaban J connectivity index is 2.90. The highest BCUT2D eigenvalue weighted by molar-refractivity contribution is 5.82. The lowest BCUT2D eigenvalue weighted by Gasteiger charge is -2.33. The molecule has 1 rings (SSSR count). The van der Waals surface area contributed by atoms with E-state index in [4.69, 9.17) is 5.11 Å². The summed E-state index contributed by atoms with van der Waals surface area (Å²) >= 11 is 0. The van der Waals surface area contributed by atoms with Crippen LogP contribution in [0.15, 0.2) is 12.2 Å². The number of carbonyl (C=O) groups is 1. The van der Waals surface area contributed by atoms with Gasteiger partial charge in [0.1, 0.15) is 5.78 Å². The van der Waals surface area contributed by atoms with Gasteiger partial charge in [-0.15, -0.1) is 0 Å². The van der Waals surface area contributed by atoms with Crippen molar-refractivity contribution < 1.29 is 9.90 Å². The summed E-state index contributed by atoms with van der Waals surface area (Å²) in [4.78, 5) is 11.3. The number of Topliss-reactive ketones (excluding diaryl/α,β-unsaturated/α-hetero) is 1. The summed E-state index contributed by atoms with van der Waals surface area (Å²) in [6, 6.07) is 0. The Bertz CT molecular complexity index is 232. The van der Waals surface area contributed by atoms with E-state index < -0.39 is 0 Å². The molecule has 0 aromatic carbocycles. The fraction of sp³-hybridized carbons (Fsp3) is 0.727. The van der Waals surface area contributed by atoms with E-state index in [1.807, 2.05) is 6.92 Å². The van der Waals surface area contributed by atoms with Crippen LogP contribution in [-0.4, -0.2) is 17.5 Å². The first-order valence-electron chi connectivity index (χ1n) is 4.81. The van der Waals surface area contributed by atoms with Crippen LogP contribution in [0.3, 0.4) is 0 Å². The van der Waals surface area contributed by atoms with Crippen molar-refractivity contribution in [2.24, 2.45) is 11.3 Å². The van der Waals surface area contributed by atoms with Crippen LogP contribution < -0.4 is 0 Å². The molecule has 0 amide bonds. The summed E-state index contributed by atoms with van der Waals surface area (Å²) in [6.07, 6.45) is 1.89. The molecule has 1 aliphatic carbocycles. The van der Waals surface area contributed by atoms with Gasteiger partial charge in [-0.2, -0.15) is 0 Å². The van der Waals surface area contributed by atoms with E-state index in [2.05, 4.69) is 13.5 Å². The second-order valence-corrected chi connectivity index (χ2v) is 4.23. The topological polar surface area (TPSA) is 37.3 Å². The first-order valence-corrected chi connectivity index (χ1v) is 4.81. The van der Waals surface area contributed by atoms with Crippen molar-refractivity contribution in [2.45, 2.75) is 33.1 Å². The molecule has 1 saturated carbocycles. The number of aliphatic hydroxyl groups excluding tert-OH is 1. The molecule has 0 heterocycles. The van der Waals surface area contributed by atoms with Crippen LogP contribution in [0.2, 0.25) is 0 Å². The molecule has 2 nitrogen and oxygen atoms in total. The SMILES string of the molecule is C=C(C)[C@@]1(CCO)CC(=O)C[C@H]1C. The minimum atomic E-state index is -0.119. The monoisotopic (exact) mass is 182 g/mol. The van der Waals surface area contributed by atoms with Crippen molar-refractivity contribution in [3.63, 3.8) is 0 Å². The molecule has 0 aliphatic heterocycles. The maximum absolute atomic E-state index is 11.3. The third-order valence-corrected chi connectivity index (χ3v) is 3.40. The molecule has 1 N–H and O–H groups in total. The first kappa shape index (κ1) is 10.5. The number of hydrogen-bond acceptors (Lipinski definition) is 2. The number of hydrogen-bond donors (Lipinski definition) is 1. The minimum absolute atomic E-state index is 0.119. The van der Waals surface area contributed by atoms with Gasteiger partial charge in [0.2, 0.25) is 0 Å². The van der Waals surface area contributed by atoms with Crippen LogP contribution in [-0.2, 0) is 4.79 Å². The minimum Gasteiger partial charge on any atom is -0.396 e. The summed E-state index contributed by atoms with van der Waals surface area (Å²) in [6.45, 7) is 8.13. The van der Waals surface area contributed by atoms with Gasteiger partial charge in [0.25, 0.3) is 0 Å². The second kappa shape index (κ2) is 3.62. The van der Waals surface area contributed by atoms with E-state index in [0.29, 0.717) is 31.0 Å². The second-order valence-electron chi connectivity index (χ2n) is 4.23. The first-order chi connectivity index (χ1) is 6.03. The van der Waals surface area contributed by atoms with E-state index in [-0.39, 0.29) is 12.0 Å². The largest absolute Gasteiger partial charge is 0.396 e. The summed E-state index contributed by atoms with van der Waals surface area (Å²) < 4.78 is 0. The third kappa shape index (κ3) is 1.68. The summed E-state index contributed by atoms with van der Waals surface area (Å²) in [7, 11) is 0. The normalized spacial score (nSPS) is 33.8. The molecule has 13 heavy (non-hydrogen) atoms. The molecule has 1 fully saturated rings. The van der Waals surface area contributed by atoms with E-state index in [1.165, 1.54) is 0 Å². The molecule has 0 aromatic rings. The molecule has 0 saturated heterocycles. The number of ketones is 1. The van der Waals surface area contributed by atoms with Crippen LogP contribution in [0.4, 0.5) is 0 Å². The van der Waals surface area contributed by atoms with Gasteiger partial charge in [0.15, 0.2) is 0 Å². The predicted molar refractivity (Wildman–Crippen MR) is 52.4 cm³/mol. The zero-order valence-electron chi connectivity index (χ0n) is 8.47. The zero-order chi connectivity index (χ0) is 10.1. The molecular weight excluding hydrogens is 164 g/mol. The number of carbonyl (C=O) groups excluding carboxylic acids is 1. The Morgan fingerprint density at radius 2 is 2.38 bits per heavy atom. The van der Waals surface area contributed by atoms with Crippen LogP contribution in [0.25, 0.3) is 0 Å². The van der Waals surface area contributed by atoms with Gasteiger partial charge >= 0.3 is 0 Å². The van der Waals surface area contributed by atoms with E-state index in [1.54, 1.807) is 0 Å². The van der Waals surface area contributed by atoms with E-state index >= 15 is 0 Å². The Morgan fingerprint density at radius 1 is 1.77 bits per heavy atom. The van der Waals surface area contributed by atoms with E-state index in [0.717, 1.165) is 5.57 Å². The van der Waals surface area contributed by atoms with Crippen LogP contribution >= 0.6 is 0 Å². The van der Waals surface area contributed by atoms with Crippen molar-refractivity contribution in [3.05, 3.63) is 12.2 Å². The fourth-order valence-corrected chi connectivity index (χ4v) is 2.45. The van der Waals surface area contributed by atoms with Gasteiger partial charge < -0.3 is 5.11 Å². The summed E-state index contributed by atoms with van der Waals surface area (Å²) in [5, 5.41) is 8.99. The Labute approximate surface area is 79.6 Å². The average Bonchev–Trinajstić information content (AvgIpc) is 2.28. The van der Waals surface area contributed by atoms with Gasteiger partial charge in [-0.1, -0.05) is 19.1 Å². The standard InChI is InChI=1S/C11H18O2/c1-8(2)11(4-5-12)7-10(13)6-9(11)3/h9,12H,1,4-7H2,2-3H3/t9-,11-/m1/s1. The number of rotatable bonds is 3. The van der Waals surface area contributed by atoms with Crippen LogP contribution in [0.5, 0.6) is 0 Å². The molecule has 0 aromatic heterocycles. The Kier molecular flexibility index (Phi) is 2.91. The average molecular weight is 182 g/mol. The molecule has 0 bridgehead atoms. The highest BCUT2D eigenvalue weighted by Crippen LogP contribution is 2.48. The molecule has 0 radical (unpaired) electrons. The van der Waals surface area contributed by atoms with E-state index in [9.17, 15) is 4.79 Å². The van der Waals surface area contributed by atoms with Gasteiger partial charge in [-0.05, 0) is 19.3 Å². The predicted octanol–water partition coefficient (Wildman–Crippen LogP) is 1.93. The maximum atomic E-state index is 11.3. The van der Waals surface area contributed by atoms with Gasteiger partial charge in [0.05, 0.1) is 0 Å². The Hall–Kier alpha value is -0.630. The van der Waals surface area contributed by atoms with Crippen LogP contribution in [0.1, 0.15) is 33.1 Å². The molecular formula is C11H18O2. The summed E-state index contributed by atoms with van der Waals surface area (Å²) in [5.74, 6) is 0.647. The number of allylic oxidation sites excluding steroid dienone is 1. The lowest BCUT2D eigenvalue weighted by atomic mass is 9.71. The van der Waals surface area contributed by atoms with Gasteiger partial charge in [-0.25, -0.2) is 0 Å². The lowest BCUT2D eigenvalue weighted by molar-refractivity contribution is -0.118. The zero-order valence-corrected chi connectivity index (χ0v) is 8.47. The van der Waals surface area contributed by atoms with Crippen LogP contribution in [0, 0.1) is 11.3 Å². The Morgan fingerprint density at radius 3 is 2.69 bits per heavy atom. The number of aliphatic hydroxyl groups is 1. The van der Waals surface area contributed by atoms with Crippen molar-refractivity contribution in [1.82, 2.24) is 0 Å². The third-order valence-electron chi connectivity index (χ3n) is 3.40. The molecule has 2 atom stereocenters. The smallest absolute Gasteiger partial charge is 0.134 e. The van der Waals surface area contributed by atoms with Gasteiger partial charge in [-0.3, -0.25) is 4.79 Å².